The molecule has 0 radical (unpaired) electrons. The van der Waals surface area contributed by atoms with Gasteiger partial charge in [-0.3, -0.25) is 0 Å². The second-order valence-electron chi connectivity index (χ2n) is 6.49. The SMILES string of the molecule is CCCn1c(CC(C)(C)CC(C)Br)nc2ccccc21. The molecule has 0 amide bonds. The fourth-order valence-corrected chi connectivity index (χ4v) is 3.87. The molecule has 2 aromatic rings. The Morgan fingerprint density at radius 3 is 2.65 bits per heavy atom. The van der Waals surface area contributed by atoms with Gasteiger partial charge >= 0.3 is 0 Å². The van der Waals surface area contributed by atoms with E-state index in [0.29, 0.717) is 4.83 Å². The molecular formula is C17H25BrN2. The van der Waals surface area contributed by atoms with Crippen molar-refractivity contribution in [3.05, 3.63) is 30.1 Å². The number of rotatable bonds is 6. The number of benzene rings is 1. The first kappa shape index (κ1) is 15.6. The zero-order valence-electron chi connectivity index (χ0n) is 13.0. The van der Waals surface area contributed by atoms with Crippen LogP contribution in [-0.2, 0) is 13.0 Å². The Kier molecular flexibility index (Phi) is 4.90. The van der Waals surface area contributed by atoms with Crippen molar-refractivity contribution in [3.8, 4) is 0 Å². The molecule has 20 heavy (non-hydrogen) atoms. The van der Waals surface area contributed by atoms with Crippen molar-refractivity contribution >= 4 is 27.0 Å². The summed E-state index contributed by atoms with van der Waals surface area (Å²) in [4.78, 5) is 5.41. The average Bonchev–Trinajstić information content (AvgIpc) is 2.65. The third kappa shape index (κ3) is 3.63. The maximum absolute atomic E-state index is 4.87. The van der Waals surface area contributed by atoms with Gasteiger partial charge in [0.1, 0.15) is 5.82 Å². The normalized spacial score (nSPS) is 13.8. The van der Waals surface area contributed by atoms with E-state index in [4.69, 9.17) is 4.98 Å². The summed E-state index contributed by atoms with van der Waals surface area (Å²) in [6.07, 6.45) is 3.32. The molecule has 0 spiro atoms. The highest BCUT2D eigenvalue weighted by Crippen LogP contribution is 2.31. The minimum absolute atomic E-state index is 0.260. The smallest absolute Gasteiger partial charge is 0.110 e. The highest BCUT2D eigenvalue weighted by atomic mass is 79.9. The Morgan fingerprint density at radius 1 is 1.30 bits per heavy atom. The number of hydrogen-bond acceptors (Lipinski definition) is 1. The van der Waals surface area contributed by atoms with Gasteiger partial charge in [-0.15, -0.1) is 0 Å². The molecule has 2 nitrogen and oxygen atoms in total. The molecule has 1 atom stereocenters. The van der Waals surface area contributed by atoms with Crippen molar-refractivity contribution in [1.29, 1.82) is 0 Å². The summed E-state index contributed by atoms with van der Waals surface area (Å²) in [6.45, 7) is 10.2. The predicted octanol–water partition coefficient (Wildman–Crippen LogP) is 5.19. The fraction of sp³-hybridized carbons (Fsp3) is 0.588. The van der Waals surface area contributed by atoms with Crippen molar-refractivity contribution in [1.82, 2.24) is 9.55 Å². The number of imidazole rings is 1. The third-order valence-corrected chi connectivity index (χ3v) is 3.98. The predicted molar refractivity (Wildman–Crippen MR) is 90.5 cm³/mol. The first-order chi connectivity index (χ1) is 9.43. The van der Waals surface area contributed by atoms with Crippen LogP contribution in [0.25, 0.3) is 11.0 Å². The quantitative estimate of drug-likeness (QED) is 0.664. The largest absolute Gasteiger partial charge is 0.328 e. The average molecular weight is 337 g/mol. The monoisotopic (exact) mass is 336 g/mol. The Bertz CT molecular complexity index is 569. The second-order valence-corrected chi connectivity index (χ2v) is 8.06. The van der Waals surface area contributed by atoms with E-state index in [-0.39, 0.29) is 5.41 Å². The molecule has 2 rings (SSSR count). The van der Waals surface area contributed by atoms with Gasteiger partial charge in [0, 0.05) is 17.8 Å². The van der Waals surface area contributed by atoms with E-state index in [9.17, 15) is 0 Å². The standard InChI is InChI=1S/C17H25BrN2/c1-5-10-20-15-9-7-6-8-14(15)19-16(20)12-17(3,4)11-13(2)18/h6-9,13H,5,10-12H2,1-4H3. The van der Waals surface area contributed by atoms with Gasteiger partial charge < -0.3 is 4.57 Å². The van der Waals surface area contributed by atoms with E-state index in [1.54, 1.807) is 0 Å². The summed E-state index contributed by atoms with van der Waals surface area (Å²) in [7, 11) is 0. The van der Waals surface area contributed by atoms with E-state index in [1.807, 2.05) is 0 Å². The van der Waals surface area contributed by atoms with Crippen molar-refractivity contribution in [3.63, 3.8) is 0 Å². The van der Waals surface area contributed by atoms with Crippen LogP contribution in [0.3, 0.4) is 0 Å². The number of fused-ring (bicyclic) bond motifs is 1. The minimum Gasteiger partial charge on any atom is -0.328 e. The summed E-state index contributed by atoms with van der Waals surface area (Å²) < 4.78 is 2.40. The van der Waals surface area contributed by atoms with Crippen molar-refractivity contribution < 1.29 is 0 Å². The van der Waals surface area contributed by atoms with E-state index in [1.165, 1.54) is 11.3 Å². The van der Waals surface area contributed by atoms with Gasteiger partial charge in [-0.1, -0.05) is 55.8 Å². The number of hydrogen-bond donors (Lipinski definition) is 0. The first-order valence-electron chi connectivity index (χ1n) is 7.51. The molecule has 0 N–H and O–H groups in total. The van der Waals surface area contributed by atoms with Crippen LogP contribution >= 0.6 is 15.9 Å². The highest BCUT2D eigenvalue weighted by molar-refractivity contribution is 9.09. The van der Waals surface area contributed by atoms with E-state index in [0.717, 1.165) is 31.3 Å². The van der Waals surface area contributed by atoms with Gasteiger partial charge in [-0.25, -0.2) is 4.98 Å². The number of para-hydroxylation sites is 2. The summed E-state index contributed by atoms with van der Waals surface area (Å²) >= 11 is 3.68. The molecule has 0 saturated carbocycles. The number of halogens is 1. The number of aryl methyl sites for hydroxylation is 1. The summed E-state index contributed by atoms with van der Waals surface area (Å²) in [5.74, 6) is 1.23. The summed E-state index contributed by atoms with van der Waals surface area (Å²) in [6, 6.07) is 8.47. The lowest BCUT2D eigenvalue weighted by Gasteiger charge is -2.26. The van der Waals surface area contributed by atoms with Crippen LogP contribution in [0.15, 0.2) is 24.3 Å². The maximum atomic E-state index is 4.87. The Balaban J connectivity index is 2.35. The van der Waals surface area contributed by atoms with E-state index in [2.05, 4.69) is 72.5 Å². The Morgan fingerprint density at radius 2 is 2.00 bits per heavy atom. The highest BCUT2D eigenvalue weighted by Gasteiger charge is 2.24. The lowest BCUT2D eigenvalue weighted by molar-refractivity contribution is 0.323. The van der Waals surface area contributed by atoms with Crippen LogP contribution in [0, 0.1) is 5.41 Å². The van der Waals surface area contributed by atoms with E-state index < -0.39 is 0 Å². The Hall–Kier alpha value is -0.830. The molecule has 110 valence electrons. The molecule has 1 heterocycles. The Labute approximate surface area is 130 Å². The van der Waals surface area contributed by atoms with Crippen molar-refractivity contribution in [2.75, 3.05) is 0 Å². The molecule has 0 aliphatic carbocycles. The summed E-state index contributed by atoms with van der Waals surface area (Å²) in [5, 5.41) is 0. The van der Waals surface area contributed by atoms with Crippen LogP contribution in [-0.4, -0.2) is 14.4 Å². The van der Waals surface area contributed by atoms with Crippen LogP contribution in [0.1, 0.15) is 46.4 Å². The van der Waals surface area contributed by atoms with Crippen LogP contribution in [0.4, 0.5) is 0 Å². The molecule has 1 unspecified atom stereocenters. The van der Waals surface area contributed by atoms with Gasteiger partial charge in [0.2, 0.25) is 0 Å². The molecular weight excluding hydrogens is 312 g/mol. The zero-order valence-corrected chi connectivity index (χ0v) is 14.6. The molecule has 0 aliphatic rings. The number of nitrogens with zero attached hydrogens (tertiary/aromatic N) is 2. The van der Waals surface area contributed by atoms with Crippen molar-refractivity contribution in [2.45, 2.75) is 58.3 Å². The first-order valence-corrected chi connectivity index (χ1v) is 8.43. The lowest BCUT2D eigenvalue weighted by atomic mass is 9.84. The third-order valence-electron chi connectivity index (χ3n) is 3.65. The van der Waals surface area contributed by atoms with Crippen LogP contribution in [0.5, 0.6) is 0 Å². The van der Waals surface area contributed by atoms with Gasteiger partial charge in [-0.2, -0.15) is 0 Å². The molecule has 0 fully saturated rings. The zero-order chi connectivity index (χ0) is 14.8. The lowest BCUT2D eigenvalue weighted by Crippen LogP contribution is -2.21. The molecule has 1 aromatic heterocycles. The van der Waals surface area contributed by atoms with Crippen LogP contribution < -0.4 is 0 Å². The fourth-order valence-electron chi connectivity index (χ4n) is 3.00. The molecule has 0 bridgehead atoms. The van der Waals surface area contributed by atoms with Crippen molar-refractivity contribution in [2.24, 2.45) is 5.41 Å². The molecule has 0 saturated heterocycles. The molecule has 1 aromatic carbocycles. The van der Waals surface area contributed by atoms with Gasteiger partial charge in [0.25, 0.3) is 0 Å². The summed E-state index contributed by atoms with van der Waals surface area (Å²) in [5.41, 5.74) is 2.65. The number of aromatic nitrogens is 2. The topological polar surface area (TPSA) is 17.8 Å². The number of alkyl halides is 1. The van der Waals surface area contributed by atoms with E-state index >= 15 is 0 Å². The second kappa shape index (κ2) is 6.30. The van der Waals surface area contributed by atoms with Gasteiger partial charge in [0.15, 0.2) is 0 Å². The maximum Gasteiger partial charge on any atom is 0.110 e. The van der Waals surface area contributed by atoms with Crippen LogP contribution in [0.2, 0.25) is 0 Å². The molecule has 0 aliphatic heterocycles. The van der Waals surface area contributed by atoms with Gasteiger partial charge in [0.05, 0.1) is 11.0 Å². The minimum atomic E-state index is 0.260. The molecule has 3 heteroatoms. The van der Waals surface area contributed by atoms with Gasteiger partial charge in [-0.05, 0) is 30.4 Å².